The van der Waals surface area contributed by atoms with Gasteiger partial charge in [-0.2, -0.15) is 4.99 Å². The van der Waals surface area contributed by atoms with Crippen LogP contribution < -0.4 is 5.32 Å². The van der Waals surface area contributed by atoms with Gasteiger partial charge in [-0.1, -0.05) is 38.1 Å². The highest BCUT2D eigenvalue weighted by Crippen LogP contribution is 2.31. The van der Waals surface area contributed by atoms with Gasteiger partial charge in [0.15, 0.2) is 0 Å². The first-order valence-electron chi connectivity index (χ1n) is 9.33. The van der Waals surface area contributed by atoms with E-state index in [4.69, 9.17) is 8.06 Å². The number of nitrogens with zero attached hydrogens (tertiary/aromatic N) is 2. The van der Waals surface area contributed by atoms with Crippen molar-refractivity contribution in [2.24, 2.45) is 10.9 Å². The second kappa shape index (κ2) is 8.50. The highest BCUT2D eigenvalue weighted by Gasteiger charge is 2.26. The Kier molecular flexibility index (Phi) is 6.32. The number of nitrogens with one attached hydrogen (secondary N) is 1. The Morgan fingerprint density at radius 3 is 2.42 bits per heavy atom. The van der Waals surface area contributed by atoms with Crippen LogP contribution in [0.3, 0.4) is 0 Å². The SMILES string of the molecule is CC(=O)N[C@@H](C)c1ccc(C2CCN(C3=NC(C(C)C)=IO3)CC2)cc1. The van der Waals surface area contributed by atoms with Crippen molar-refractivity contribution >= 4 is 36.7 Å². The summed E-state index contributed by atoms with van der Waals surface area (Å²) in [7, 11) is 0. The van der Waals surface area contributed by atoms with E-state index in [1.165, 1.54) is 9.20 Å². The summed E-state index contributed by atoms with van der Waals surface area (Å²) in [6, 6.07) is 9.62. The van der Waals surface area contributed by atoms with Crippen molar-refractivity contribution in [3.05, 3.63) is 35.4 Å². The first kappa shape index (κ1) is 19.3. The lowest BCUT2D eigenvalue weighted by Crippen LogP contribution is -2.37. The fourth-order valence-electron chi connectivity index (χ4n) is 3.39. The summed E-state index contributed by atoms with van der Waals surface area (Å²) in [4.78, 5) is 18.2. The van der Waals surface area contributed by atoms with Crippen LogP contribution in [-0.2, 0) is 7.86 Å². The zero-order chi connectivity index (χ0) is 18.7. The number of halogens is 1. The fourth-order valence-corrected chi connectivity index (χ4v) is 5.00. The Morgan fingerprint density at radius 2 is 1.88 bits per heavy atom. The summed E-state index contributed by atoms with van der Waals surface area (Å²) in [6.45, 7) is 9.95. The predicted octanol–water partition coefficient (Wildman–Crippen LogP) is 4.12. The third kappa shape index (κ3) is 4.64. The molecule has 26 heavy (non-hydrogen) atoms. The molecule has 2 aliphatic heterocycles. The Balaban J connectivity index is 1.55. The minimum atomic E-state index is -0.363. The highest BCUT2D eigenvalue weighted by atomic mass is 127. The van der Waals surface area contributed by atoms with Gasteiger partial charge in [-0.15, -0.1) is 0 Å². The van der Waals surface area contributed by atoms with Crippen molar-refractivity contribution in [2.45, 2.75) is 52.5 Å². The third-order valence-electron chi connectivity index (χ3n) is 4.96. The number of hydrogen-bond acceptors (Lipinski definition) is 4. The van der Waals surface area contributed by atoms with Gasteiger partial charge in [0, 0.05) is 25.9 Å². The second-order valence-electron chi connectivity index (χ2n) is 7.38. The molecule has 3 rings (SSSR count). The minimum absolute atomic E-state index is 0.00582. The quantitative estimate of drug-likeness (QED) is 0.676. The highest BCUT2D eigenvalue weighted by molar-refractivity contribution is 14.2. The zero-order valence-electron chi connectivity index (χ0n) is 16.0. The summed E-state index contributed by atoms with van der Waals surface area (Å²) >= 11 is -0.363. The second-order valence-corrected chi connectivity index (χ2v) is 9.36. The summed E-state index contributed by atoms with van der Waals surface area (Å²) in [5.74, 6) is 1.09. The summed E-state index contributed by atoms with van der Waals surface area (Å²) in [6.07, 6.45) is 2.25. The molecule has 1 aromatic carbocycles. The van der Waals surface area contributed by atoms with Crippen molar-refractivity contribution in [3.8, 4) is 0 Å². The first-order valence-corrected chi connectivity index (χ1v) is 11.3. The number of amidine groups is 1. The number of benzene rings is 1. The molecule has 1 amide bonds. The predicted molar refractivity (Wildman–Crippen MR) is 115 cm³/mol. The average Bonchev–Trinajstić information content (AvgIpc) is 3.12. The number of amides is 1. The van der Waals surface area contributed by atoms with Crippen LogP contribution in [0.15, 0.2) is 29.3 Å². The smallest absolute Gasteiger partial charge is 0.302 e. The number of carbonyl (C=O) groups is 1. The van der Waals surface area contributed by atoms with Gasteiger partial charge >= 0.3 is 6.02 Å². The monoisotopic (exact) mass is 469 g/mol. The van der Waals surface area contributed by atoms with Gasteiger partial charge in [-0.05, 0) is 36.8 Å². The van der Waals surface area contributed by atoms with Crippen LogP contribution >= 0.6 is 21.1 Å². The number of carbonyl (C=O) groups excluding carboxylic acids is 1. The van der Waals surface area contributed by atoms with E-state index in [9.17, 15) is 4.79 Å². The maximum absolute atomic E-state index is 11.2. The van der Waals surface area contributed by atoms with Crippen LogP contribution in [0.25, 0.3) is 0 Å². The molecule has 2 heterocycles. The molecule has 0 aliphatic carbocycles. The molecule has 0 spiro atoms. The van der Waals surface area contributed by atoms with E-state index in [-0.39, 0.29) is 33.1 Å². The molecule has 0 aromatic heterocycles. The molecule has 2 aliphatic rings. The van der Waals surface area contributed by atoms with Crippen LogP contribution in [0, 0.1) is 5.92 Å². The molecule has 0 radical (unpaired) electrons. The molecule has 1 saturated heterocycles. The molecular weight excluding hydrogens is 441 g/mol. The van der Waals surface area contributed by atoms with E-state index in [2.05, 4.69) is 48.3 Å². The van der Waals surface area contributed by atoms with E-state index in [1.807, 2.05) is 6.92 Å². The van der Waals surface area contributed by atoms with Crippen LogP contribution in [0.2, 0.25) is 0 Å². The summed E-state index contributed by atoms with van der Waals surface area (Å²) in [5.41, 5.74) is 2.54. The number of hydrogen-bond donors (Lipinski definition) is 1. The molecule has 1 fully saturated rings. The molecule has 1 atom stereocenters. The number of likely N-dealkylation sites (tertiary alicyclic amines) is 1. The van der Waals surface area contributed by atoms with Crippen LogP contribution in [0.4, 0.5) is 0 Å². The molecule has 0 bridgehead atoms. The summed E-state index contributed by atoms with van der Waals surface area (Å²) in [5, 5.41) is 2.93. The van der Waals surface area contributed by atoms with Crippen LogP contribution in [0.5, 0.6) is 0 Å². The van der Waals surface area contributed by atoms with Crippen molar-refractivity contribution in [3.63, 3.8) is 0 Å². The molecule has 5 nitrogen and oxygen atoms in total. The lowest BCUT2D eigenvalue weighted by atomic mass is 9.88. The summed E-state index contributed by atoms with van der Waals surface area (Å²) < 4.78 is 7.15. The Labute approximate surface area is 166 Å². The van der Waals surface area contributed by atoms with E-state index >= 15 is 0 Å². The maximum Gasteiger partial charge on any atom is 0.302 e. The van der Waals surface area contributed by atoms with Crippen molar-refractivity contribution in [1.82, 2.24) is 10.2 Å². The van der Waals surface area contributed by atoms with Gasteiger partial charge in [-0.3, -0.25) is 4.79 Å². The van der Waals surface area contributed by atoms with E-state index < -0.39 is 0 Å². The lowest BCUT2D eigenvalue weighted by Gasteiger charge is -2.32. The molecular formula is C20H28IN3O2. The van der Waals surface area contributed by atoms with Crippen LogP contribution in [-0.4, -0.2) is 33.6 Å². The largest absolute Gasteiger partial charge is 0.401 e. The van der Waals surface area contributed by atoms with Crippen molar-refractivity contribution in [1.29, 1.82) is 0 Å². The molecule has 6 heteroatoms. The lowest BCUT2D eigenvalue weighted by molar-refractivity contribution is -0.119. The average molecular weight is 469 g/mol. The topological polar surface area (TPSA) is 53.9 Å². The van der Waals surface area contributed by atoms with Gasteiger partial charge in [0.2, 0.25) is 5.91 Å². The zero-order valence-corrected chi connectivity index (χ0v) is 18.1. The molecule has 142 valence electrons. The molecule has 1 N–H and O–H groups in total. The van der Waals surface area contributed by atoms with Crippen LogP contribution in [0.1, 0.15) is 63.6 Å². The third-order valence-corrected chi connectivity index (χ3v) is 7.51. The molecule has 1 aromatic rings. The van der Waals surface area contributed by atoms with Crippen molar-refractivity contribution in [2.75, 3.05) is 13.1 Å². The van der Waals surface area contributed by atoms with Gasteiger partial charge in [-0.25, -0.2) is 0 Å². The number of piperidine rings is 1. The maximum atomic E-state index is 11.2. The van der Waals surface area contributed by atoms with Gasteiger partial charge < -0.3 is 13.3 Å². The van der Waals surface area contributed by atoms with Gasteiger partial charge in [0.1, 0.15) is 24.8 Å². The van der Waals surface area contributed by atoms with E-state index in [1.54, 1.807) is 6.92 Å². The molecule has 0 saturated carbocycles. The van der Waals surface area contributed by atoms with Crippen molar-refractivity contribution < 1.29 is 7.86 Å². The number of rotatable bonds is 4. The normalized spacial score (nSPS) is 19.3. The Bertz CT molecular complexity index is 704. The number of aliphatic imine (C=N–C) groups is 1. The van der Waals surface area contributed by atoms with Gasteiger partial charge in [0.05, 0.1) is 6.04 Å². The Morgan fingerprint density at radius 1 is 1.23 bits per heavy atom. The Hall–Kier alpha value is -1.44. The van der Waals surface area contributed by atoms with E-state index in [0.717, 1.165) is 37.5 Å². The van der Waals surface area contributed by atoms with Gasteiger partial charge in [0.25, 0.3) is 0 Å². The fraction of sp³-hybridized carbons (Fsp3) is 0.550. The van der Waals surface area contributed by atoms with E-state index in [0.29, 0.717) is 11.8 Å². The molecule has 0 unspecified atom stereocenters. The first-order chi connectivity index (χ1) is 12.4. The standard InChI is InChI=1S/C20H28IN3O2/c1-13(2)19-21-26-20(23-19)24-11-9-18(10-12-24)17-7-5-16(6-8-17)14(3)22-15(4)25/h5-8,13-14,18H,9-12H2,1-4H3,(H,22,25)/t14-/m0/s1. The minimum Gasteiger partial charge on any atom is -0.401 e.